The Balaban J connectivity index is 1.64. The largest absolute Gasteiger partial charge is 0.314 e. The SMILES string of the molecule is CCCNC1CC2CCCC(C1)N2Cc1ncn(C)n1. The molecule has 3 heterocycles. The summed E-state index contributed by atoms with van der Waals surface area (Å²) in [5, 5.41) is 8.18. The molecule has 2 atom stereocenters. The van der Waals surface area contributed by atoms with Crippen LogP contribution in [0, 0.1) is 0 Å². The van der Waals surface area contributed by atoms with Gasteiger partial charge in [0.2, 0.25) is 0 Å². The van der Waals surface area contributed by atoms with E-state index in [1.807, 2.05) is 7.05 Å². The molecule has 5 nitrogen and oxygen atoms in total. The normalized spacial score (nSPS) is 30.6. The van der Waals surface area contributed by atoms with E-state index in [2.05, 4.69) is 27.2 Å². The molecule has 1 aromatic heterocycles. The first-order valence-electron chi connectivity index (χ1n) is 8.10. The van der Waals surface area contributed by atoms with E-state index in [0.717, 1.165) is 37.0 Å². The highest BCUT2D eigenvalue weighted by molar-refractivity contribution is 4.97. The van der Waals surface area contributed by atoms with Crippen LogP contribution in [0.5, 0.6) is 0 Å². The monoisotopic (exact) mass is 277 g/mol. The van der Waals surface area contributed by atoms with Crippen LogP contribution in [0.4, 0.5) is 0 Å². The van der Waals surface area contributed by atoms with Gasteiger partial charge in [0.15, 0.2) is 5.82 Å². The highest BCUT2D eigenvalue weighted by Crippen LogP contribution is 2.34. The molecule has 2 aliphatic heterocycles. The van der Waals surface area contributed by atoms with Crippen molar-refractivity contribution in [1.29, 1.82) is 0 Å². The molecule has 2 unspecified atom stereocenters. The van der Waals surface area contributed by atoms with Crippen molar-refractivity contribution in [3.63, 3.8) is 0 Å². The van der Waals surface area contributed by atoms with Crippen molar-refractivity contribution in [1.82, 2.24) is 25.0 Å². The molecule has 2 aliphatic rings. The molecular weight excluding hydrogens is 250 g/mol. The fourth-order valence-corrected chi connectivity index (χ4v) is 3.87. The van der Waals surface area contributed by atoms with Crippen LogP contribution in [-0.2, 0) is 13.6 Å². The van der Waals surface area contributed by atoms with E-state index in [-0.39, 0.29) is 0 Å². The molecule has 2 bridgehead atoms. The number of nitrogens with zero attached hydrogens (tertiary/aromatic N) is 4. The maximum Gasteiger partial charge on any atom is 0.164 e. The Morgan fingerprint density at radius 1 is 1.30 bits per heavy atom. The van der Waals surface area contributed by atoms with Gasteiger partial charge in [-0.25, -0.2) is 4.98 Å². The van der Waals surface area contributed by atoms with E-state index < -0.39 is 0 Å². The van der Waals surface area contributed by atoms with Crippen molar-refractivity contribution in [3.05, 3.63) is 12.2 Å². The first-order valence-corrected chi connectivity index (χ1v) is 8.10. The first kappa shape index (κ1) is 14.0. The minimum Gasteiger partial charge on any atom is -0.314 e. The van der Waals surface area contributed by atoms with Crippen molar-refractivity contribution in [2.75, 3.05) is 6.54 Å². The van der Waals surface area contributed by atoms with Gasteiger partial charge in [-0.1, -0.05) is 13.3 Å². The third kappa shape index (κ3) is 3.04. The third-order valence-corrected chi connectivity index (χ3v) is 4.78. The second-order valence-corrected chi connectivity index (χ2v) is 6.37. The van der Waals surface area contributed by atoms with Crippen LogP contribution >= 0.6 is 0 Å². The predicted molar refractivity (Wildman–Crippen MR) is 79.3 cm³/mol. The topological polar surface area (TPSA) is 46.0 Å². The van der Waals surface area contributed by atoms with Gasteiger partial charge in [0.1, 0.15) is 6.33 Å². The fraction of sp³-hybridized carbons (Fsp3) is 0.867. The van der Waals surface area contributed by atoms with Gasteiger partial charge in [-0.05, 0) is 38.6 Å². The van der Waals surface area contributed by atoms with E-state index in [4.69, 9.17) is 0 Å². The highest BCUT2D eigenvalue weighted by Gasteiger charge is 2.38. The van der Waals surface area contributed by atoms with E-state index in [9.17, 15) is 0 Å². The van der Waals surface area contributed by atoms with Gasteiger partial charge in [0.25, 0.3) is 0 Å². The lowest BCUT2D eigenvalue weighted by Crippen LogP contribution is -2.55. The van der Waals surface area contributed by atoms with E-state index in [1.165, 1.54) is 38.5 Å². The molecule has 2 fully saturated rings. The summed E-state index contributed by atoms with van der Waals surface area (Å²) in [6.07, 6.45) is 9.70. The van der Waals surface area contributed by atoms with Crippen molar-refractivity contribution in [2.24, 2.45) is 7.05 Å². The third-order valence-electron chi connectivity index (χ3n) is 4.78. The Bertz CT molecular complexity index is 416. The molecule has 0 aliphatic carbocycles. The van der Waals surface area contributed by atoms with Gasteiger partial charge in [0.05, 0.1) is 6.54 Å². The van der Waals surface area contributed by atoms with Crippen LogP contribution in [0.1, 0.15) is 51.3 Å². The fourth-order valence-electron chi connectivity index (χ4n) is 3.87. The molecule has 0 spiro atoms. The molecule has 20 heavy (non-hydrogen) atoms. The lowest BCUT2D eigenvalue weighted by molar-refractivity contribution is 0.0157. The quantitative estimate of drug-likeness (QED) is 0.890. The number of hydrogen-bond donors (Lipinski definition) is 1. The van der Waals surface area contributed by atoms with Crippen molar-refractivity contribution < 1.29 is 0 Å². The average molecular weight is 277 g/mol. The van der Waals surface area contributed by atoms with E-state index in [1.54, 1.807) is 11.0 Å². The highest BCUT2D eigenvalue weighted by atomic mass is 15.3. The van der Waals surface area contributed by atoms with Crippen LogP contribution in [0.2, 0.25) is 0 Å². The van der Waals surface area contributed by atoms with E-state index >= 15 is 0 Å². The van der Waals surface area contributed by atoms with Crippen molar-refractivity contribution in [2.45, 2.75) is 70.1 Å². The van der Waals surface area contributed by atoms with E-state index in [0.29, 0.717) is 0 Å². The Hall–Kier alpha value is -0.940. The summed E-state index contributed by atoms with van der Waals surface area (Å²) in [7, 11) is 1.94. The summed E-state index contributed by atoms with van der Waals surface area (Å²) in [6.45, 7) is 4.33. The zero-order valence-electron chi connectivity index (χ0n) is 12.8. The molecule has 1 aromatic rings. The zero-order valence-corrected chi connectivity index (χ0v) is 12.8. The van der Waals surface area contributed by atoms with Crippen LogP contribution in [0.3, 0.4) is 0 Å². The summed E-state index contributed by atoms with van der Waals surface area (Å²) < 4.78 is 1.81. The van der Waals surface area contributed by atoms with Gasteiger partial charge in [-0.3, -0.25) is 9.58 Å². The Morgan fingerprint density at radius 3 is 2.65 bits per heavy atom. The lowest BCUT2D eigenvalue weighted by atomic mass is 9.81. The second kappa shape index (κ2) is 6.22. The smallest absolute Gasteiger partial charge is 0.164 e. The van der Waals surface area contributed by atoms with Gasteiger partial charge >= 0.3 is 0 Å². The van der Waals surface area contributed by atoms with Crippen molar-refractivity contribution >= 4 is 0 Å². The van der Waals surface area contributed by atoms with Crippen molar-refractivity contribution in [3.8, 4) is 0 Å². The minimum absolute atomic E-state index is 0.721. The Morgan fingerprint density at radius 2 is 2.05 bits per heavy atom. The van der Waals surface area contributed by atoms with Crippen LogP contribution in [-0.4, -0.2) is 44.3 Å². The zero-order chi connectivity index (χ0) is 13.9. The number of aromatic nitrogens is 3. The molecule has 2 saturated heterocycles. The maximum atomic E-state index is 4.45. The summed E-state index contributed by atoms with van der Waals surface area (Å²) in [5.74, 6) is 0.976. The molecule has 0 saturated carbocycles. The van der Waals surface area contributed by atoms with Crippen LogP contribution < -0.4 is 5.32 Å². The molecule has 112 valence electrons. The maximum absolute atomic E-state index is 4.45. The molecule has 1 N–H and O–H groups in total. The van der Waals surface area contributed by atoms with Gasteiger partial charge < -0.3 is 5.32 Å². The van der Waals surface area contributed by atoms with Gasteiger partial charge in [-0.15, -0.1) is 0 Å². The molecule has 0 amide bonds. The number of fused-ring (bicyclic) bond motifs is 2. The molecule has 0 radical (unpaired) electrons. The standard InChI is InChI=1S/C15H27N5/c1-3-7-16-12-8-13-5-4-6-14(9-12)20(13)10-15-17-11-19(2)18-15/h11-14,16H,3-10H2,1-2H3. The van der Waals surface area contributed by atoms with Gasteiger partial charge in [0, 0.05) is 25.2 Å². The number of rotatable bonds is 5. The summed E-state index contributed by atoms with van der Waals surface area (Å²) in [5.41, 5.74) is 0. The van der Waals surface area contributed by atoms with Crippen LogP contribution in [0.25, 0.3) is 0 Å². The summed E-state index contributed by atoms with van der Waals surface area (Å²) in [6, 6.07) is 2.17. The minimum atomic E-state index is 0.721. The molecule has 5 heteroatoms. The Kier molecular flexibility index (Phi) is 4.36. The predicted octanol–water partition coefficient (Wildman–Crippen LogP) is 1.70. The summed E-state index contributed by atoms with van der Waals surface area (Å²) in [4.78, 5) is 7.07. The average Bonchev–Trinajstić information content (AvgIpc) is 2.82. The number of hydrogen-bond acceptors (Lipinski definition) is 4. The molecular formula is C15H27N5. The Labute approximate surface area is 121 Å². The van der Waals surface area contributed by atoms with Crippen LogP contribution in [0.15, 0.2) is 6.33 Å². The number of nitrogens with one attached hydrogen (secondary N) is 1. The second-order valence-electron chi connectivity index (χ2n) is 6.37. The number of piperidine rings is 2. The summed E-state index contributed by atoms with van der Waals surface area (Å²) >= 11 is 0. The number of aryl methyl sites for hydroxylation is 1. The first-order chi connectivity index (χ1) is 9.76. The lowest BCUT2D eigenvalue weighted by Gasteiger charge is -2.48. The molecule has 0 aromatic carbocycles. The molecule has 3 rings (SSSR count). The van der Waals surface area contributed by atoms with Gasteiger partial charge in [-0.2, -0.15) is 5.10 Å².